The molecule has 3 amide bonds. The minimum absolute atomic E-state index is 0.0148. The van der Waals surface area contributed by atoms with Crippen molar-refractivity contribution in [2.45, 2.75) is 71.2 Å². The van der Waals surface area contributed by atoms with E-state index >= 15 is 0 Å². The predicted octanol–water partition coefficient (Wildman–Crippen LogP) is 2.93. The van der Waals surface area contributed by atoms with Gasteiger partial charge in [-0.2, -0.15) is 12.7 Å². The molecule has 3 rings (SSSR count). The van der Waals surface area contributed by atoms with Crippen LogP contribution < -0.4 is 19.5 Å². The van der Waals surface area contributed by atoms with E-state index in [1.807, 2.05) is 23.8 Å². The van der Waals surface area contributed by atoms with Gasteiger partial charge in [0.05, 0.1) is 19.2 Å². The van der Waals surface area contributed by atoms with Crippen molar-refractivity contribution >= 4 is 39.0 Å². The number of benzene rings is 1. The van der Waals surface area contributed by atoms with Gasteiger partial charge in [0, 0.05) is 43.6 Å². The van der Waals surface area contributed by atoms with Crippen molar-refractivity contribution < 1.29 is 37.0 Å². The number of aromatic nitrogens is 1. The first-order chi connectivity index (χ1) is 20.3. The van der Waals surface area contributed by atoms with Crippen LogP contribution in [0.5, 0.6) is 11.5 Å². The van der Waals surface area contributed by atoms with Crippen LogP contribution in [0, 0.1) is 12.8 Å². The molecule has 0 spiro atoms. The van der Waals surface area contributed by atoms with Crippen molar-refractivity contribution in [2.75, 3.05) is 27.7 Å². The molecule has 2 aromatic rings. The van der Waals surface area contributed by atoms with Crippen LogP contribution in [0.4, 0.5) is 4.79 Å². The number of amides is 3. The molecular weight excluding hydrogens is 590 g/mol. The molecule has 1 aromatic carbocycles. The second-order valence-corrected chi connectivity index (χ2v) is 14.0. The summed E-state index contributed by atoms with van der Waals surface area (Å²) >= 11 is 0. The number of nitrogens with zero attached hydrogens (tertiary/aromatic N) is 3. The minimum atomic E-state index is -4.16. The van der Waals surface area contributed by atoms with Gasteiger partial charge < -0.3 is 19.5 Å². The molecule has 2 heterocycles. The van der Waals surface area contributed by atoms with Crippen LogP contribution >= 0.6 is 0 Å². The lowest BCUT2D eigenvalue weighted by atomic mass is 9.86. The smallest absolute Gasteiger partial charge is 0.411 e. The largest absolute Gasteiger partial charge is 0.496 e. The van der Waals surface area contributed by atoms with Crippen molar-refractivity contribution in [3.05, 3.63) is 42.6 Å². The van der Waals surface area contributed by atoms with Gasteiger partial charge in [0.1, 0.15) is 34.8 Å². The summed E-state index contributed by atoms with van der Waals surface area (Å²) in [5, 5.41) is 3.43. The fourth-order valence-electron chi connectivity index (χ4n) is 4.74. The molecule has 242 valence electrons. The number of fused-ring (bicyclic) bond motifs is 1. The van der Waals surface area contributed by atoms with Gasteiger partial charge in [-0.25, -0.2) is 9.52 Å². The highest BCUT2D eigenvalue weighted by atomic mass is 32.2. The van der Waals surface area contributed by atoms with Crippen molar-refractivity contribution in [3.8, 4) is 11.5 Å². The SMILES string of the molecule is C=C[C@H](C)[C@@](C)(NC(=O)[C@@H]1C[C@@H](Oc2ccnc3c(C)c(OC)ccc23)CN1C(=O)OC(C)(C)C)C(=O)NS(=O)(=O)N(C)C. The number of hydrogen-bond donors (Lipinski definition) is 2. The van der Waals surface area contributed by atoms with Gasteiger partial charge in [0.25, 0.3) is 5.91 Å². The van der Waals surface area contributed by atoms with E-state index in [2.05, 4.69) is 16.9 Å². The lowest BCUT2D eigenvalue weighted by Gasteiger charge is -2.36. The normalized spacial score (nSPS) is 19.2. The molecule has 2 N–H and O–H groups in total. The van der Waals surface area contributed by atoms with E-state index in [9.17, 15) is 22.8 Å². The second kappa shape index (κ2) is 13.0. The van der Waals surface area contributed by atoms with E-state index in [1.165, 1.54) is 32.0 Å². The molecule has 0 radical (unpaired) electrons. The first kappa shape index (κ1) is 34.6. The van der Waals surface area contributed by atoms with Crippen LogP contribution in [0.15, 0.2) is 37.1 Å². The number of ether oxygens (including phenoxy) is 3. The molecule has 0 bridgehead atoms. The Kier molecular flexibility index (Phi) is 10.2. The summed E-state index contributed by atoms with van der Waals surface area (Å²) in [7, 11) is -0.0464. The monoisotopic (exact) mass is 633 g/mol. The molecular formula is C30H43N5O8S. The van der Waals surface area contributed by atoms with Crippen LogP contribution in [-0.4, -0.2) is 91.6 Å². The summed E-state index contributed by atoms with van der Waals surface area (Å²) in [6.07, 6.45) is 1.75. The Morgan fingerprint density at radius 1 is 1.16 bits per heavy atom. The van der Waals surface area contributed by atoms with Gasteiger partial charge >= 0.3 is 16.3 Å². The number of carbonyl (C=O) groups is 3. The number of carbonyl (C=O) groups excluding carboxylic acids is 3. The fraction of sp³-hybridized carbons (Fsp3) is 0.533. The van der Waals surface area contributed by atoms with Crippen molar-refractivity contribution in [3.63, 3.8) is 0 Å². The highest BCUT2D eigenvalue weighted by Gasteiger charge is 2.47. The quantitative estimate of drug-likeness (QED) is 0.376. The van der Waals surface area contributed by atoms with Crippen LogP contribution in [0.3, 0.4) is 0 Å². The molecule has 0 unspecified atom stereocenters. The molecule has 13 nitrogen and oxygen atoms in total. The highest BCUT2D eigenvalue weighted by Crippen LogP contribution is 2.34. The van der Waals surface area contributed by atoms with E-state index in [1.54, 1.807) is 47.1 Å². The average molecular weight is 634 g/mol. The Bertz CT molecular complexity index is 1540. The zero-order chi connectivity index (χ0) is 33.2. The van der Waals surface area contributed by atoms with Crippen molar-refractivity contribution in [1.29, 1.82) is 0 Å². The number of pyridine rings is 1. The Labute approximate surface area is 259 Å². The first-order valence-corrected chi connectivity index (χ1v) is 15.6. The third-order valence-electron chi connectivity index (χ3n) is 7.60. The van der Waals surface area contributed by atoms with Crippen LogP contribution in [0.25, 0.3) is 10.9 Å². The molecule has 4 atom stereocenters. The van der Waals surface area contributed by atoms with E-state index in [0.717, 1.165) is 15.3 Å². The molecule has 44 heavy (non-hydrogen) atoms. The number of rotatable bonds is 10. The Hall–Kier alpha value is -3.91. The summed E-state index contributed by atoms with van der Waals surface area (Å²) in [6, 6.07) is 4.25. The van der Waals surface area contributed by atoms with Crippen molar-refractivity contribution in [2.24, 2.45) is 5.92 Å². The zero-order valence-corrected chi connectivity index (χ0v) is 27.6. The van der Waals surface area contributed by atoms with Gasteiger partial charge in [-0.3, -0.25) is 19.5 Å². The van der Waals surface area contributed by atoms with Gasteiger partial charge in [0.2, 0.25) is 5.91 Å². The molecule has 0 saturated carbocycles. The lowest BCUT2D eigenvalue weighted by Crippen LogP contribution is -2.64. The van der Waals surface area contributed by atoms with Crippen LogP contribution in [0.1, 0.15) is 46.6 Å². The van der Waals surface area contributed by atoms with Gasteiger partial charge in [0.15, 0.2) is 0 Å². The second-order valence-electron chi connectivity index (χ2n) is 12.2. The minimum Gasteiger partial charge on any atom is -0.496 e. The summed E-state index contributed by atoms with van der Waals surface area (Å²) in [5.41, 5.74) is -1.06. The molecule has 14 heteroatoms. The molecule has 0 aliphatic carbocycles. The number of hydrogen-bond acceptors (Lipinski definition) is 9. The number of methoxy groups -OCH3 is 1. The van der Waals surface area contributed by atoms with E-state index in [4.69, 9.17) is 14.2 Å². The van der Waals surface area contributed by atoms with Crippen LogP contribution in [0.2, 0.25) is 0 Å². The topological polar surface area (TPSA) is 156 Å². The van der Waals surface area contributed by atoms with Gasteiger partial charge in [-0.15, -0.1) is 6.58 Å². The summed E-state index contributed by atoms with van der Waals surface area (Å²) < 4.78 is 45.1. The standard InChI is InChI=1S/C30H43N5O8S/c1-11-18(2)30(7,27(37)33-44(39,40)34(8)9)32-26(36)22-16-20(17-35(22)28(38)43-29(4,5)6)42-24-14-15-31-25-19(3)23(41-10)13-12-21(24)25/h11-15,18,20,22H,1,16-17H2,2-10H3,(H,32,36)(H,33,37)/t18-,20+,22-,30+/m0/s1. The molecule has 1 aliphatic rings. The van der Waals surface area contributed by atoms with E-state index in [0.29, 0.717) is 17.0 Å². The average Bonchev–Trinajstić information content (AvgIpc) is 3.36. The fourth-order valence-corrected chi connectivity index (χ4v) is 5.37. The van der Waals surface area contributed by atoms with E-state index in [-0.39, 0.29) is 13.0 Å². The van der Waals surface area contributed by atoms with E-state index < -0.39 is 57.3 Å². The Morgan fingerprint density at radius 3 is 2.39 bits per heavy atom. The third-order valence-corrected chi connectivity index (χ3v) is 9.01. The van der Waals surface area contributed by atoms with Gasteiger partial charge in [-0.1, -0.05) is 13.0 Å². The molecule has 1 aliphatic heterocycles. The summed E-state index contributed by atoms with van der Waals surface area (Å²) in [5.74, 6) is -1.16. The Morgan fingerprint density at radius 2 is 1.82 bits per heavy atom. The third kappa shape index (κ3) is 7.41. The predicted molar refractivity (Wildman–Crippen MR) is 165 cm³/mol. The maximum absolute atomic E-state index is 13.9. The highest BCUT2D eigenvalue weighted by molar-refractivity contribution is 7.87. The summed E-state index contributed by atoms with van der Waals surface area (Å²) in [4.78, 5) is 46.2. The van der Waals surface area contributed by atoms with Crippen LogP contribution in [-0.2, 0) is 24.5 Å². The maximum Gasteiger partial charge on any atom is 0.411 e. The molecule has 1 fully saturated rings. The zero-order valence-electron chi connectivity index (χ0n) is 26.8. The Balaban J connectivity index is 1.95. The number of likely N-dealkylation sites (tertiary alicyclic amines) is 1. The first-order valence-electron chi connectivity index (χ1n) is 14.1. The lowest BCUT2D eigenvalue weighted by molar-refractivity contribution is -0.135. The molecule has 1 aromatic heterocycles. The van der Waals surface area contributed by atoms with Crippen molar-refractivity contribution in [1.82, 2.24) is 24.2 Å². The maximum atomic E-state index is 13.9. The number of aryl methyl sites for hydroxylation is 1. The summed E-state index contributed by atoms with van der Waals surface area (Å²) in [6.45, 7) is 13.8. The van der Waals surface area contributed by atoms with Gasteiger partial charge in [-0.05, 0) is 52.8 Å². The molecule has 1 saturated heterocycles. The number of nitrogens with one attached hydrogen (secondary N) is 2.